The quantitative estimate of drug-likeness (QED) is 0.315. The Morgan fingerprint density at radius 3 is 2.15 bits per heavy atom. The number of aliphatic hydroxyl groups is 1. The fourth-order valence-electron chi connectivity index (χ4n) is 7.50. The second kappa shape index (κ2) is 9.42. The second-order valence-electron chi connectivity index (χ2n) is 11.3. The van der Waals surface area contributed by atoms with Crippen LogP contribution in [0.4, 0.5) is 4.79 Å². The Hall–Kier alpha value is -3.83. The lowest BCUT2D eigenvalue weighted by molar-refractivity contribution is -0.0891. The number of carbonyl (C=O) groups is 1. The molecule has 0 radical (unpaired) electrons. The van der Waals surface area contributed by atoms with Crippen molar-refractivity contribution in [3.63, 3.8) is 0 Å². The highest BCUT2D eigenvalue weighted by molar-refractivity contribution is 5.89. The van der Waals surface area contributed by atoms with Crippen LogP contribution in [0.25, 0.3) is 21.9 Å². The lowest BCUT2D eigenvalue weighted by atomic mass is 9.71. The number of piperidine rings is 2. The van der Waals surface area contributed by atoms with E-state index in [4.69, 9.17) is 9.47 Å². The van der Waals surface area contributed by atoms with E-state index in [1.54, 1.807) is 7.11 Å². The van der Waals surface area contributed by atoms with E-state index in [-0.39, 0.29) is 24.1 Å². The number of rotatable bonds is 4. The third-order valence-electron chi connectivity index (χ3n) is 9.13. The monoisotopic (exact) mass is 519 g/mol. The summed E-state index contributed by atoms with van der Waals surface area (Å²) in [6.07, 6.45) is 3.44. The minimum absolute atomic E-state index is 0.0304. The molecule has 2 saturated heterocycles. The molecule has 1 aliphatic carbocycles. The van der Waals surface area contributed by atoms with Crippen molar-refractivity contribution in [3.8, 4) is 16.9 Å². The summed E-state index contributed by atoms with van der Waals surface area (Å²) in [7, 11) is 1.66. The van der Waals surface area contributed by atoms with Crippen LogP contribution in [-0.4, -0.2) is 41.9 Å². The molecule has 3 aliphatic rings. The van der Waals surface area contributed by atoms with Crippen molar-refractivity contribution in [1.29, 1.82) is 0 Å². The van der Waals surface area contributed by atoms with Crippen LogP contribution in [0.2, 0.25) is 0 Å². The average Bonchev–Trinajstić information content (AvgIpc) is 3.28. The number of amides is 1. The molecule has 198 valence electrons. The molecule has 7 rings (SSSR count). The molecule has 2 bridgehead atoms. The SMILES string of the molecule is COc1ccc2ccccc2c1C1(O)CC2CCCC(C1)N2C(=O)OCC1c2ccccc2-c2ccccc21. The maximum absolute atomic E-state index is 13.7. The summed E-state index contributed by atoms with van der Waals surface area (Å²) < 4.78 is 11.8. The average molecular weight is 520 g/mol. The maximum atomic E-state index is 13.7. The molecule has 0 spiro atoms. The van der Waals surface area contributed by atoms with Crippen molar-refractivity contribution in [1.82, 2.24) is 4.90 Å². The molecule has 0 saturated carbocycles. The number of hydrogen-bond acceptors (Lipinski definition) is 4. The van der Waals surface area contributed by atoms with Crippen molar-refractivity contribution < 1.29 is 19.4 Å². The highest BCUT2D eigenvalue weighted by Crippen LogP contribution is 2.49. The van der Waals surface area contributed by atoms with Gasteiger partial charge in [0.2, 0.25) is 0 Å². The van der Waals surface area contributed by atoms with Crippen LogP contribution in [0.1, 0.15) is 54.7 Å². The van der Waals surface area contributed by atoms with E-state index >= 15 is 0 Å². The Bertz CT molecular complexity index is 1500. The predicted molar refractivity (Wildman–Crippen MR) is 152 cm³/mol. The molecule has 2 aliphatic heterocycles. The summed E-state index contributed by atoms with van der Waals surface area (Å²) in [5.41, 5.74) is 4.62. The first kappa shape index (κ1) is 24.2. The summed E-state index contributed by atoms with van der Waals surface area (Å²) >= 11 is 0. The number of ether oxygens (including phenoxy) is 2. The lowest BCUT2D eigenvalue weighted by Gasteiger charge is -2.51. The van der Waals surface area contributed by atoms with Crippen LogP contribution < -0.4 is 4.74 Å². The fraction of sp³-hybridized carbons (Fsp3) is 0.324. The summed E-state index contributed by atoms with van der Waals surface area (Å²) in [6, 6.07) is 28.7. The van der Waals surface area contributed by atoms with E-state index in [9.17, 15) is 9.90 Å². The zero-order valence-electron chi connectivity index (χ0n) is 22.2. The van der Waals surface area contributed by atoms with Crippen molar-refractivity contribution in [3.05, 3.63) is 102 Å². The van der Waals surface area contributed by atoms with Crippen molar-refractivity contribution in [2.24, 2.45) is 0 Å². The van der Waals surface area contributed by atoms with E-state index in [1.165, 1.54) is 22.3 Å². The zero-order valence-corrected chi connectivity index (χ0v) is 22.2. The number of hydrogen-bond donors (Lipinski definition) is 1. The standard InChI is InChI=1S/C34H33NO4/c1-38-31-18-17-22-9-2-3-12-25(22)32(31)34(37)19-23-10-8-11-24(20-34)35(23)33(36)39-21-30-28-15-6-4-13-26(28)27-14-5-7-16-29(27)30/h2-7,9,12-18,23-24,30,37H,8,10-11,19-21H2,1H3. The van der Waals surface area contributed by atoms with Gasteiger partial charge in [-0.2, -0.15) is 0 Å². The first-order valence-corrected chi connectivity index (χ1v) is 14.0. The molecule has 4 aromatic carbocycles. The highest BCUT2D eigenvalue weighted by atomic mass is 16.6. The van der Waals surface area contributed by atoms with E-state index in [1.807, 2.05) is 29.2 Å². The van der Waals surface area contributed by atoms with Crippen LogP contribution in [0.5, 0.6) is 5.75 Å². The summed E-state index contributed by atoms with van der Waals surface area (Å²) in [5, 5.41) is 14.3. The van der Waals surface area contributed by atoms with Gasteiger partial charge >= 0.3 is 6.09 Å². The lowest BCUT2D eigenvalue weighted by Crippen LogP contribution is -2.59. The third kappa shape index (κ3) is 3.90. The molecule has 4 aromatic rings. The van der Waals surface area contributed by atoms with Crippen LogP contribution in [0.15, 0.2) is 84.9 Å². The predicted octanol–water partition coefficient (Wildman–Crippen LogP) is 7.00. The summed E-state index contributed by atoms with van der Waals surface area (Å²) in [6.45, 7) is 0.310. The molecule has 2 fully saturated rings. The van der Waals surface area contributed by atoms with Gasteiger partial charge in [0.1, 0.15) is 12.4 Å². The van der Waals surface area contributed by atoms with E-state index < -0.39 is 5.60 Å². The van der Waals surface area contributed by atoms with Gasteiger partial charge in [-0.15, -0.1) is 0 Å². The Labute approximate surface area is 229 Å². The smallest absolute Gasteiger partial charge is 0.410 e. The number of fused-ring (bicyclic) bond motifs is 6. The molecule has 1 N–H and O–H groups in total. The van der Waals surface area contributed by atoms with Gasteiger partial charge in [-0.05, 0) is 58.4 Å². The summed E-state index contributed by atoms with van der Waals surface area (Å²) in [5.74, 6) is 0.728. The maximum Gasteiger partial charge on any atom is 0.410 e. The minimum Gasteiger partial charge on any atom is -0.496 e. The number of benzene rings is 4. The molecular formula is C34H33NO4. The molecule has 2 unspecified atom stereocenters. The fourth-order valence-corrected chi connectivity index (χ4v) is 7.50. The molecule has 2 atom stereocenters. The minimum atomic E-state index is -1.08. The topological polar surface area (TPSA) is 59.0 Å². The van der Waals surface area contributed by atoms with Crippen LogP contribution in [0.3, 0.4) is 0 Å². The van der Waals surface area contributed by atoms with E-state index in [0.717, 1.165) is 35.6 Å². The van der Waals surface area contributed by atoms with Crippen molar-refractivity contribution >= 4 is 16.9 Å². The van der Waals surface area contributed by atoms with Crippen molar-refractivity contribution in [2.45, 2.75) is 55.7 Å². The Morgan fingerprint density at radius 1 is 0.872 bits per heavy atom. The molecule has 5 nitrogen and oxygen atoms in total. The Balaban J connectivity index is 1.15. The normalized spacial score (nSPS) is 23.8. The van der Waals surface area contributed by atoms with Gasteiger partial charge in [0.25, 0.3) is 0 Å². The van der Waals surface area contributed by atoms with Gasteiger partial charge in [0.15, 0.2) is 0 Å². The first-order chi connectivity index (χ1) is 19.1. The van der Waals surface area contributed by atoms with Crippen LogP contribution >= 0.6 is 0 Å². The van der Waals surface area contributed by atoms with Gasteiger partial charge in [0.05, 0.1) is 12.7 Å². The molecule has 2 heterocycles. The Morgan fingerprint density at radius 2 is 1.49 bits per heavy atom. The third-order valence-corrected chi connectivity index (χ3v) is 9.13. The Kier molecular flexibility index (Phi) is 5.85. The van der Waals surface area contributed by atoms with Crippen molar-refractivity contribution in [2.75, 3.05) is 13.7 Å². The van der Waals surface area contributed by atoms with Crippen LogP contribution in [0, 0.1) is 0 Å². The van der Waals surface area contributed by atoms with Gasteiger partial charge in [-0.1, -0.05) is 78.9 Å². The van der Waals surface area contributed by atoms with Gasteiger partial charge in [-0.3, -0.25) is 0 Å². The van der Waals surface area contributed by atoms with E-state index in [0.29, 0.717) is 25.2 Å². The van der Waals surface area contributed by atoms with Gasteiger partial charge in [-0.25, -0.2) is 4.79 Å². The highest BCUT2D eigenvalue weighted by Gasteiger charge is 2.50. The second-order valence-corrected chi connectivity index (χ2v) is 11.3. The number of nitrogens with zero attached hydrogens (tertiary/aromatic N) is 1. The summed E-state index contributed by atoms with van der Waals surface area (Å²) in [4.78, 5) is 15.6. The molecule has 39 heavy (non-hydrogen) atoms. The van der Waals surface area contributed by atoms with Crippen LogP contribution in [-0.2, 0) is 10.3 Å². The number of methoxy groups -OCH3 is 1. The molecule has 5 heteroatoms. The zero-order chi connectivity index (χ0) is 26.6. The first-order valence-electron chi connectivity index (χ1n) is 14.0. The number of carbonyl (C=O) groups excluding carboxylic acids is 1. The van der Waals surface area contributed by atoms with Gasteiger partial charge < -0.3 is 19.5 Å². The largest absolute Gasteiger partial charge is 0.496 e. The molecule has 1 amide bonds. The molecular weight excluding hydrogens is 486 g/mol. The van der Waals surface area contributed by atoms with Gasteiger partial charge in [0, 0.05) is 36.4 Å². The molecule has 0 aromatic heterocycles. The van der Waals surface area contributed by atoms with E-state index in [2.05, 4.69) is 60.7 Å².